The molecule has 1 saturated heterocycles. The zero-order valence-corrected chi connectivity index (χ0v) is 14.0. The van der Waals surface area contributed by atoms with Gasteiger partial charge in [-0.15, -0.1) is 10.2 Å². The van der Waals surface area contributed by atoms with Crippen molar-refractivity contribution in [1.82, 2.24) is 24.9 Å². The number of hydrogen-bond donors (Lipinski definition) is 1. The molecule has 1 atom stereocenters. The van der Waals surface area contributed by atoms with Crippen LogP contribution in [0.25, 0.3) is 0 Å². The molecule has 3 rings (SSSR count). The van der Waals surface area contributed by atoms with Crippen LogP contribution in [0.2, 0.25) is 0 Å². The standard InChI is InChI=1S/C13H17N5O5S/c1-21-9-3-4-10(22-2)12(7-9)24(19,20)18-5-6-23-11(8-18)13-14-16-17-15-13/h3-4,7,11H,5-6,8H2,1-2H3,(H,14,15,16,17). The van der Waals surface area contributed by atoms with Gasteiger partial charge >= 0.3 is 0 Å². The molecule has 0 spiro atoms. The van der Waals surface area contributed by atoms with Crippen molar-refractivity contribution in [1.29, 1.82) is 0 Å². The smallest absolute Gasteiger partial charge is 0.247 e. The number of nitrogens with zero attached hydrogens (tertiary/aromatic N) is 4. The molecule has 0 saturated carbocycles. The maximum Gasteiger partial charge on any atom is 0.247 e. The Balaban J connectivity index is 1.92. The molecule has 10 nitrogen and oxygen atoms in total. The van der Waals surface area contributed by atoms with Crippen LogP contribution in [0.5, 0.6) is 11.5 Å². The lowest BCUT2D eigenvalue weighted by molar-refractivity contribution is -0.00753. The monoisotopic (exact) mass is 355 g/mol. The van der Waals surface area contributed by atoms with E-state index in [9.17, 15) is 8.42 Å². The fourth-order valence-electron chi connectivity index (χ4n) is 2.43. The summed E-state index contributed by atoms with van der Waals surface area (Å²) in [5.41, 5.74) is 0. The van der Waals surface area contributed by atoms with Crippen LogP contribution in [0.4, 0.5) is 0 Å². The van der Waals surface area contributed by atoms with Gasteiger partial charge in [-0.1, -0.05) is 5.21 Å². The average molecular weight is 355 g/mol. The number of tetrazole rings is 1. The Morgan fingerprint density at radius 1 is 1.33 bits per heavy atom. The molecular weight excluding hydrogens is 338 g/mol. The number of hydrogen-bond acceptors (Lipinski definition) is 8. The number of morpholine rings is 1. The molecule has 1 fully saturated rings. The summed E-state index contributed by atoms with van der Waals surface area (Å²) in [5, 5.41) is 13.5. The molecular formula is C13H17N5O5S. The Bertz CT molecular complexity index is 795. The lowest BCUT2D eigenvalue weighted by Crippen LogP contribution is -2.42. The van der Waals surface area contributed by atoms with Gasteiger partial charge in [0.05, 0.1) is 20.8 Å². The van der Waals surface area contributed by atoms with Crippen LogP contribution in [0.3, 0.4) is 0 Å². The zero-order chi connectivity index (χ0) is 17.2. The molecule has 24 heavy (non-hydrogen) atoms. The van der Waals surface area contributed by atoms with E-state index in [-0.39, 0.29) is 30.3 Å². The molecule has 1 aromatic carbocycles. The lowest BCUT2D eigenvalue weighted by atomic mass is 10.3. The zero-order valence-electron chi connectivity index (χ0n) is 13.2. The molecule has 1 aliphatic rings. The number of H-pyrrole nitrogens is 1. The molecule has 1 N–H and O–H groups in total. The fraction of sp³-hybridized carbons (Fsp3) is 0.462. The number of benzene rings is 1. The summed E-state index contributed by atoms with van der Waals surface area (Å²) in [6, 6.07) is 4.63. The summed E-state index contributed by atoms with van der Waals surface area (Å²) in [7, 11) is -0.909. The number of sulfonamides is 1. The van der Waals surface area contributed by atoms with Crippen molar-refractivity contribution in [2.45, 2.75) is 11.0 Å². The molecule has 2 heterocycles. The number of ether oxygens (including phenoxy) is 3. The topological polar surface area (TPSA) is 120 Å². The highest BCUT2D eigenvalue weighted by Gasteiger charge is 2.35. The fourth-order valence-corrected chi connectivity index (χ4v) is 4.03. The van der Waals surface area contributed by atoms with Gasteiger partial charge in [-0.25, -0.2) is 8.42 Å². The molecule has 11 heteroatoms. The maximum atomic E-state index is 13.0. The van der Waals surface area contributed by atoms with Gasteiger partial charge in [0.1, 0.15) is 22.5 Å². The average Bonchev–Trinajstić information content (AvgIpc) is 3.16. The minimum Gasteiger partial charge on any atom is -0.497 e. The van der Waals surface area contributed by atoms with Gasteiger partial charge < -0.3 is 14.2 Å². The molecule has 1 aromatic heterocycles. The van der Waals surface area contributed by atoms with Gasteiger partial charge in [0.15, 0.2) is 0 Å². The Morgan fingerprint density at radius 2 is 2.17 bits per heavy atom. The first kappa shape index (κ1) is 16.6. The van der Waals surface area contributed by atoms with Crippen molar-refractivity contribution >= 4 is 10.0 Å². The highest BCUT2D eigenvalue weighted by Crippen LogP contribution is 2.32. The van der Waals surface area contributed by atoms with E-state index in [1.807, 2.05) is 0 Å². The van der Waals surface area contributed by atoms with Crippen molar-refractivity contribution in [3.8, 4) is 11.5 Å². The van der Waals surface area contributed by atoms with Crippen molar-refractivity contribution in [2.24, 2.45) is 0 Å². The molecule has 0 amide bonds. The number of rotatable bonds is 5. The van der Waals surface area contributed by atoms with Crippen LogP contribution in [-0.4, -0.2) is 67.3 Å². The molecule has 1 unspecified atom stereocenters. The van der Waals surface area contributed by atoms with Crippen LogP contribution in [0.1, 0.15) is 11.9 Å². The second-order valence-corrected chi connectivity index (χ2v) is 6.92. The van der Waals surface area contributed by atoms with E-state index in [0.29, 0.717) is 11.6 Å². The van der Waals surface area contributed by atoms with Crippen molar-refractivity contribution in [3.05, 3.63) is 24.0 Å². The third-order valence-corrected chi connectivity index (χ3v) is 5.55. The van der Waals surface area contributed by atoms with E-state index in [1.54, 1.807) is 12.1 Å². The first-order valence-electron chi connectivity index (χ1n) is 7.13. The molecule has 0 bridgehead atoms. The number of nitrogens with one attached hydrogen (secondary N) is 1. The Morgan fingerprint density at radius 3 is 2.83 bits per heavy atom. The van der Waals surface area contributed by atoms with Crippen LogP contribution in [0.15, 0.2) is 23.1 Å². The second-order valence-electron chi connectivity index (χ2n) is 5.01. The summed E-state index contributed by atoms with van der Waals surface area (Å²) in [4.78, 5) is 0.0399. The predicted molar refractivity (Wildman–Crippen MR) is 81.2 cm³/mol. The normalized spacial score (nSPS) is 19.2. The van der Waals surface area contributed by atoms with Crippen LogP contribution in [0, 0.1) is 0 Å². The Kier molecular flexibility index (Phi) is 4.64. The third kappa shape index (κ3) is 3.05. The largest absolute Gasteiger partial charge is 0.497 e. The Labute approximate surface area is 138 Å². The van der Waals surface area contributed by atoms with Crippen LogP contribution in [-0.2, 0) is 14.8 Å². The predicted octanol–water partition coefficient (Wildman–Crippen LogP) is -0.0209. The van der Waals surface area contributed by atoms with Crippen LogP contribution >= 0.6 is 0 Å². The van der Waals surface area contributed by atoms with Gasteiger partial charge in [-0.2, -0.15) is 9.52 Å². The van der Waals surface area contributed by atoms with Crippen molar-refractivity contribution in [3.63, 3.8) is 0 Å². The first-order valence-corrected chi connectivity index (χ1v) is 8.57. The van der Waals surface area contributed by atoms with Gasteiger partial charge in [0.25, 0.3) is 0 Å². The van der Waals surface area contributed by atoms with Gasteiger partial charge in [-0.3, -0.25) is 0 Å². The van der Waals surface area contributed by atoms with E-state index in [0.717, 1.165) is 0 Å². The third-order valence-electron chi connectivity index (χ3n) is 3.67. The van der Waals surface area contributed by atoms with Gasteiger partial charge in [-0.05, 0) is 12.1 Å². The van der Waals surface area contributed by atoms with Crippen molar-refractivity contribution in [2.75, 3.05) is 33.9 Å². The number of methoxy groups -OCH3 is 2. The van der Waals surface area contributed by atoms with E-state index >= 15 is 0 Å². The summed E-state index contributed by atoms with van der Waals surface area (Å²) in [5.74, 6) is 0.989. The SMILES string of the molecule is COc1ccc(OC)c(S(=O)(=O)N2CCOC(c3nn[nH]n3)C2)c1. The highest BCUT2D eigenvalue weighted by atomic mass is 32.2. The summed E-state index contributed by atoms with van der Waals surface area (Å²) in [6.45, 7) is 0.532. The summed E-state index contributed by atoms with van der Waals surface area (Å²) in [6.07, 6.45) is -0.580. The molecule has 0 radical (unpaired) electrons. The first-order chi connectivity index (χ1) is 11.6. The minimum atomic E-state index is -3.80. The molecule has 130 valence electrons. The minimum absolute atomic E-state index is 0.0399. The number of aromatic nitrogens is 4. The van der Waals surface area contributed by atoms with Crippen molar-refractivity contribution < 1.29 is 22.6 Å². The molecule has 2 aromatic rings. The van der Waals surface area contributed by atoms with E-state index in [4.69, 9.17) is 14.2 Å². The maximum absolute atomic E-state index is 13.0. The van der Waals surface area contributed by atoms with E-state index in [2.05, 4.69) is 20.6 Å². The quantitative estimate of drug-likeness (QED) is 0.794. The van der Waals surface area contributed by atoms with E-state index in [1.165, 1.54) is 24.6 Å². The van der Waals surface area contributed by atoms with Gasteiger partial charge in [0, 0.05) is 19.2 Å². The highest BCUT2D eigenvalue weighted by molar-refractivity contribution is 7.89. The van der Waals surface area contributed by atoms with E-state index < -0.39 is 16.1 Å². The molecule has 0 aliphatic carbocycles. The number of aromatic amines is 1. The van der Waals surface area contributed by atoms with Crippen LogP contribution < -0.4 is 9.47 Å². The second kappa shape index (κ2) is 6.71. The molecule has 1 aliphatic heterocycles. The lowest BCUT2D eigenvalue weighted by Gasteiger charge is -2.31. The van der Waals surface area contributed by atoms with Gasteiger partial charge in [0.2, 0.25) is 15.8 Å². The summed E-state index contributed by atoms with van der Waals surface area (Å²) >= 11 is 0. The Hall–Kier alpha value is -2.24. The summed E-state index contributed by atoms with van der Waals surface area (Å²) < 4.78 is 43.2.